The molecule has 1 fully saturated rings. The van der Waals surface area contributed by atoms with Crippen molar-refractivity contribution in [3.8, 4) is 11.5 Å². The van der Waals surface area contributed by atoms with Gasteiger partial charge >= 0.3 is 0 Å². The van der Waals surface area contributed by atoms with Crippen LogP contribution in [0.4, 0.5) is 0 Å². The quantitative estimate of drug-likeness (QED) is 0.629. The lowest BCUT2D eigenvalue weighted by Crippen LogP contribution is -2.24. The van der Waals surface area contributed by atoms with Crippen molar-refractivity contribution in [2.45, 2.75) is 26.0 Å². The van der Waals surface area contributed by atoms with Crippen molar-refractivity contribution in [3.63, 3.8) is 0 Å². The Morgan fingerprint density at radius 1 is 0.929 bits per heavy atom. The number of ether oxygens (including phenoxy) is 2. The second kappa shape index (κ2) is 8.48. The fraction of sp³-hybridized carbons (Fsp3) is 0.348. The Morgan fingerprint density at radius 2 is 1.68 bits per heavy atom. The van der Waals surface area contributed by atoms with Crippen LogP contribution in [0.3, 0.4) is 0 Å². The molecule has 1 aliphatic heterocycles. The number of fused-ring (bicyclic) bond motifs is 1. The van der Waals surface area contributed by atoms with Gasteiger partial charge in [-0.15, -0.1) is 0 Å². The second-order valence-corrected chi connectivity index (χ2v) is 7.24. The molecule has 5 nitrogen and oxygen atoms in total. The van der Waals surface area contributed by atoms with Crippen LogP contribution in [0.25, 0.3) is 10.9 Å². The molecule has 0 bridgehead atoms. The lowest BCUT2D eigenvalue weighted by Gasteiger charge is -2.17. The molecule has 0 atom stereocenters. The van der Waals surface area contributed by atoms with Gasteiger partial charge in [0.2, 0.25) is 0 Å². The van der Waals surface area contributed by atoms with E-state index in [0.717, 1.165) is 29.9 Å². The highest BCUT2D eigenvalue weighted by Crippen LogP contribution is 2.20. The first-order chi connectivity index (χ1) is 13.7. The molecule has 0 amide bonds. The summed E-state index contributed by atoms with van der Waals surface area (Å²) >= 11 is 0. The summed E-state index contributed by atoms with van der Waals surface area (Å²) in [7, 11) is 1.65. The van der Waals surface area contributed by atoms with Gasteiger partial charge in [-0.05, 0) is 61.8 Å². The number of benzene rings is 2. The Bertz CT molecular complexity index is 989. The van der Waals surface area contributed by atoms with Crippen molar-refractivity contribution in [2.24, 2.45) is 0 Å². The van der Waals surface area contributed by atoms with Crippen LogP contribution in [0.15, 0.2) is 59.5 Å². The van der Waals surface area contributed by atoms with Crippen molar-refractivity contribution in [1.82, 2.24) is 9.47 Å². The Morgan fingerprint density at radius 3 is 2.43 bits per heavy atom. The van der Waals surface area contributed by atoms with Gasteiger partial charge in [-0.2, -0.15) is 0 Å². The molecule has 1 saturated heterocycles. The van der Waals surface area contributed by atoms with Crippen LogP contribution in [0.2, 0.25) is 0 Å². The van der Waals surface area contributed by atoms with Crippen LogP contribution in [-0.4, -0.2) is 36.2 Å². The zero-order valence-corrected chi connectivity index (χ0v) is 16.3. The van der Waals surface area contributed by atoms with Gasteiger partial charge in [-0.25, -0.2) is 0 Å². The van der Waals surface area contributed by atoms with E-state index in [4.69, 9.17) is 9.47 Å². The number of methoxy groups -OCH3 is 1. The van der Waals surface area contributed by atoms with Gasteiger partial charge in [0.25, 0.3) is 0 Å². The van der Waals surface area contributed by atoms with Crippen LogP contribution in [0, 0.1) is 0 Å². The number of rotatable bonds is 7. The minimum atomic E-state index is 0.0299. The van der Waals surface area contributed by atoms with Crippen molar-refractivity contribution < 1.29 is 9.47 Å². The average Bonchev–Trinajstić information content (AvgIpc) is 3.26. The number of nitrogens with zero attached hydrogens (tertiary/aromatic N) is 2. The maximum atomic E-state index is 12.4. The highest BCUT2D eigenvalue weighted by Gasteiger charge is 2.12. The highest BCUT2D eigenvalue weighted by molar-refractivity contribution is 5.80. The third kappa shape index (κ3) is 4.20. The van der Waals surface area contributed by atoms with Crippen molar-refractivity contribution in [1.29, 1.82) is 0 Å². The molecule has 4 rings (SSSR count). The molecule has 2 aromatic carbocycles. The second-order valence-electron chi connectivity index (χ2n) is 7.24. The maximum absolute atomic E-state index is 12.4. The van der Waals surface area contributed by atoms with Gasteiger partial charge in [0.15, 0.2) is 5.43 Å². The van der Waals surface area contributed by atoms with E-state index in [1.807, 2.05) is 48.7 Å². The highest BCUT2D eigenvalue weighted by atomic mass is 16.5. The molecule has 0 aliphatic carbocycles. The minimum absolute atomic E-state index is 0.0299. The number of likely N-dealkylation sites (tertiary alicyclic amines) is 1. The smallest absolute Gasteiger partial charge is 0.189 e. The molecule has 2 heterocycles. The number of pyridine rings is 1. The van der Waals surface area contributed by atoms with E-state index in [9.17, 15) is 4.79 Å². The summed E-state index contributed by atoms with van der Waals surface area (Å²) in [6, 6.07) is 15.2. The van der Waals surface area contributed by atoms with E-state index < -0.39 is 0 Å². The van der Waals surface area contributed by atoms with Crippen LogP contribution in [0.5, 0.6) is 11.5 Å². The van der Waals surface area contributed by atoms with Crippen molar-refractivity contribution in [2.75, 3.05) is 26.7 Å². The molecule has 0 N–H and O–H groups in total. The molecule has 0 radical (unpaired) electrons. The van der Waals surface area contributed by atoms with Crippen LogP contribution < -0.4 is 14.9 Å². The van der Waals surface area contributed by atoms with E-state index in [1.54, 1.807) is 13.2 Å². The molecule has 28 heavy (non-hydrogen) atoms. The van der Waals surface area contributed by atoms with Gasteiger partial charge in [-0.1, -0.05) is 12.1 Å². The molecule has 146 valence electrons. The average molecular weight is 378 g/mol. The molecule has 0 saturated carbocycles. The molecule has 1 aliphatic rings. The zero-order chi connectivity index (χ0) is 19.3. The van der Waals surface area contributed by atoms with E-state index in [-0.39, 0.29) is 5.43 Å². The lowest BCUT2D eigenvalue weighted by molar-refractivity contribution is 0.306. The summed E-state index contributed by atoms with van der Waals surface area (Å²) in [5, 5.41) is 0.705. The van der Waals surface area contributed by atoms with Gasteiger partial charge < -0.3 is 18.9 Å². The first-order valence-corrected chi connectivity index (χ1v) is 9.84. The molecular weight excluding hydrogens is 352 g/mol. The van der Waals surface area contributed by atoms with E-state index in [1.165, 1.54) is 25.9 Å². The zero-order valence-electron chi connectivity index (χ0n) is 16.3. The fourth-order valence-electron chi connectivity index (χ4n) is 3.72. The first kappa shape index (κ1) is 18.6. The summed E-state index contributed by atoms with van der Waals surface area (Å²) in [5.41, 5.74) is 2.04. The molecule has 0 spiro atoms. The van der Waals surface area contributed by atoms with E-state index in [0.29, 0.717) is 17.7 Å². The summed E-state index contributed by atoms with van der Waals surface area (Å²) in [4.78, 5) is 14.9. The molecule has 5 heteroatoms. The number of aromatic nitrogens is 1. The predicted molar refractivity (Wildman–Crippen MR) is 111 cm³/mol. The Kier molecular flexibility index (Phi) is 5.63. The normalized spacial score (nSPS) is 14.5. The van der Waals surface area contributed by atoms with E-state index >= 15 is 0 Å². The van der Waals surface area contributed by atoms with Gasteiger partial charge in [-0.3, -0.25) is 4.79 Å². The standard InChI is InChI=1S/C23H26N2O3/c1-27-19-6-4-18(5-7-19)17-28-20-8-9-22-21(16-20)23(26)10-13-25(22)15-14-24-11-2-3-12-24/h4-10,13,16H,2-3,11-12,14-15,17H2,1H3. The largest absolute Gasteiger partial charge is 0.497 e. The van der Waals surface area contributed by atoms with Crippen LogP contribution >= 0.6 is 0 Å². The number of hydrogen-bond acceptors (Lipinski definition) is 4. The van der Waals surface area contributed by atoms with Gasteiger partial charge in [0, 0.05) is 30.7 Å². The van der Waals surface area contributed by atoms with Crippen molar-refractivity contribution in [3.05, 3.63) is 70.5 Å². The number of hydrogen-bond donors (Lipinski definition) is 0. The Hall–Kier alpha value is -2.79. The summed E-state index contributed by atoms with van der Waals surface area (Å²) in [5.74, 6) is 1.53. The SMILES string of the molecule is COc1ccc(COc2ccc3c(c2)c(=O)ccn3CCN2CCCC2)cc1. The molecule has 1 aromatic heterocycles. The van der Waals surface area contributed by atoms with Crippen molar-refractivity contribution >= 4 is 10.9 Å². The Balaban J connectivity index is 1.49. The summed E-state index contributed by atoms with van der Waals surface area (Å²) in [6.45, 7) is 4.73. The Labute approximate surface area is 165 Å². The van der Waals surface area contributed by atoms with Gasteiger partial charge in [0.05, 0.1) is 12.6 Å². The molecule has 0 unspecified atom stereocenters. The third-order valence-corrected chi connectivity index (χ3v) is 5.37. The van der Waals surface area contributed by atoms with E-state index in [2.05, 4.69) is 9.47 Å². The lowest BCUT2D eigenvalue weighted by atomic mass is 10.2. The maximum Gasteiger partial charge on any atom is 0.189 e. The summed E-state index contributed by atoms with van der Waals surface area (Å²) < 4.78 is 13.3. The molecule has 3 aromatic rings. The minimum Gasteiger partial charge on any atom is -0.497 e. The monoisotopic (exact) mass is 378 g/mol. The first-order valence-electron chi connectivity index (χ1n) is 9.84. The third-order valence-electron chi connectivity index (χ3n) is 5.37. The van der Waals surface area contributed by atoms with Crippen LogP contribution in [-0.2, 0) is 13.2 Å². The fourth-order valence-corrected chi connectivity index (χ4v) is 3.72. The van der Waals surface area contributed by atoms with Gasteiger partial charge in [0.1, 0.15) is 18.1 Å². The van der Waals surface area contributed by atoms with Crippen LogP contribution in [0.1, 0.15) is 18.4 Å². The topological polar surface area (TPSA) is 43.7 Å². The predicted octanol–water partition coefficient (Wildman–Crippen LogP) is 3.68. The summed E-state index contributed by atoms with van der Waals surface area (Å²) in [6.07, 6.45) is 4.48. The molecular formula is C23H26N2O3.